The molecule has 3 aromatic heterocycles. The summed E-state index contributed by atoms with van der Waals surface area (Å²) in [5.41, 5.74) is 2.04. The minimum Gasteiger partial charge on any atom is -0.352 e. The molecule has 1 N–H and O–H groups in total. The summed E-state index contributed by atoms with van der Waals surface area (Å²) in [6.07, 6.45) is 4.19. The highest BCUT2D eigenvalue weighted by Crippen LogP contribution is 2.25. The zero-order valence-electron chi connectivity index (χ0n) is 11.0. The van der Waals surface area contributed by atoms with Crippen molar-refractivity contribution >= 4 is 22.9 Å². The van der Waals surface area contributed by atoms with E-state index < -0.39 is 0 Å². The fourth-order valence-corrected chi connectivity index (χ4v) is 2.73. The topological polar surface area (TPSA) is 59.3 Å². The number of carbonyl (C=O) groups is 1. The van der Waals surface area contributed by atoms with Gasteiger partial charge in [0.15, 0.2) is 5.65 Å². The maximum atomic E-state index is 12.1. The van der Waals surface area contributed by atoms with Crippen LogP contribution in [0.1, 0.15) is 23.7 Å². The Labute approximate surface area is 120 Å². The van der Waals surface area contributed by atoms with Crippen LogP contribution in [0.15, 0.2) is 36.0 Å². The highest BCUT2D eigenvalue weighted by molar-refractivity contribution is 7.13. The van der Waals surface area contributed by atoms with Crippen LogP contribution in [-0.2, 0) is 0 Å². The Morgan fingerprint density at radius 3 is 3.10 bits per heavy atom. The standard InChI is InChI=1S/C14H14N4OS/c1-2-6-16-14(19)10-9-17-18-11(5-7-15-13(10)18)12-4-3-8-20-12/h3-5,7-9H,2,6H2,1H3,(H,16,19). The molecule has 0 aliphatic rings. The van der Waals surface area contributed by atoms with Crippen LogP contribution < -0.4 is 5.32 Å². The molecule has 0 aromatic carbocycles. The van der Waals surface area contributed by atoms with Gasteiger partial charge in [-0.3, -0.25) is 4.79 Å². The molecule has 0 radical (unpaired) electrons. The van der Waals surface area contributed by atoms with Crippen molar-refractivity contribution in [3.8, 4) is 10.6 Å². The van der Waals surface area contributed by atoms with Crippen LogP contribution in [0.25, 0.3) is 16.2 Å². The number of aromatic nitrogens is 3. The van der Waals surface area contributed by atoms with Crippen molar-refractivity contribution in [3.05, 3.63) is 41.5 Å². The Hall–Kier alpha value is -2.21. The summed E-state index contributed by atoms with van der Waals surface area (Å²) < 4.78 is 1.71. The zero-order valence-corrected chi connectivity index (χ0v) is 11.9. The molecule has 0 unspecified atom stereocenters. The van der Waals surface area contributed by atoms with Crippen LogP contribution in [0.3, 0.4) is 0 Å². The Morgan fingerprint density at radius 1 is 1.45 bits per heavy atom. The highest BCUT2D eigenvalue weighted by atomic mass is 32.1. The van der Waals surface area contributed by atoms with E-state index in [2.05, 4.69) is 15.4 Å². The quantitative estimate of drug-likeness (QED) is 0.802. The van der Waals surface area contributed by atoms with E-state index in [9.17, 15) is 4.79 Å². The molecule has 0 aliphatic carbocycles. The predicted molar refractivity (Wildman–Crippen MR) is 78.9 cm³/mol. The summed E-state index contributed by atoms with van der Waals surface area (Å²) in [7, 11) is 0. The lowest BCUT2D eigenvalue weighted by Gasteiger charge is -2.03. The number of nitrogens with one attached hydrogen (secondary N) is 1. The molecule has 5 nitrogen and oxygen atoms in total. The number of nitrogens with zero attached hydrogens (tertiary/aromatic N) is 3. The fraction of sp³-hybridized carbons (Fsp3) is 0.214. The van der Waals surface area contributed by atoms with Crippen LogP contribution in [0, 0.1) is 0 Å². The summed E-state index contributed by atoms with van der Waals surface area (Å²) in [4.78, 5) is 17.5. The van der Waals surface area contributed by atoms with Gasteiger partial charge in [-0.1, -0.05) is 13.0 Å². The molecular formula is C14H14N4OS. The minimum atomic E-state index is -0.127. The number of rotatable bonds is 4. The van der Waals surface area contributed by atoms with E-state index in [1.54, 1.807) is 28.2 Å². The van der Waals surface area contributed by atoms with Gasteiger partial charge in [0.2, 0.25) is 0 Å². The zero-order chi connectivity index (χ0) is 13.9. The molecule has 3 rings (SSSR count). The van der Waals surface area contributed by atoms with Crippen LogP contribution >= 0.6 is 11.3 Å². The van der Waals surface area contributed by atoms with Crippen molar-refractivity contribution in [1.29, 1.82) is 0 Å². The van der Waals surface area contributed by atoms with Gasteiger partial charge in [-0.15, -0.1) is 11.3 Å². The number of thiophene rings is 1. The maximum absolute atomic E-state index is 12.1. The first-order valence-electron chi connectivity index (χ1n) is 6.46. The lowest BCUT2D eigenvalue weighted by molar-refractivity contribution is 0.0955. The molecule has 102 valence electrons. The first-order valence-corrected chi connectivity index (χ1v) is 7.34. The van der Waals surface area contributed by atoms with Gasteiger partial charge in [-0.25, -0.2) is 9.50 Å². The number of fused-ring (bicyclic) bond motifs is 1. The number of amides is 1. The van der Waals surface area contributed by atoms with E-state index in [1.165, 1.54) is 0 Å². The van der Waals surface area contributed by atoms with E-state index in [0.29, 0.717) is 17.8 Å². The van der Waals surface area contributed by atoms with E-state index in [-0.39, 0.29) is 5.91 Å². The van der Waals surface area contributed by atoms with Gasteiger partial charge in [0, 0.05) is 12.7 Å². The predicted octanol–water partition coefficient (Wildman–Crippen LogP) is 2.60. The maximum Gasteiger partial charge on any atom is 0.256 e. The van der Waals surface area contributed by atoms with Gasteiger partial charge >= 0.3 is 0 Å². The van der Waals surface area contributed by atoms with Crippen LogP contribution in [0.2, 0.25) is 0 Å². The van der Waals surface area contributed by atoms with Gasteiger partial charge in [0.1, 0.15) is 5.56 Å². The van der Waals surface area contributed by atoms with Crippen molar-refractivity contribution in [2.24, 2.45) is 0 Å². The Kier molecular flexibility index (Phi) is 3.47. The number of hydrogen-bond acceptors (Lipinski definition) is 4. The average Bonchev–Trinajstić information content (AvgIpc) is 3.13. The minimum absolute atomic E-state index is 0.127. The summed E-state index contributed by atoms with van der Waals surface area (Å²) in [6, 6.07) is 5.92. The van der Waals surface area contributed by atoms with Crippen LogP contribution in [-0.4, -0.2) is 27.0 Å². The molecule has 0 saturated carbocycles. The van der Waals surface area contributed by atoms with Gasteiger partial charge in [-0.2, -0.15) is 5.10 Å². The number of hydrogen-bond donors (Lipinski definition) is 1. The van der Waals surface area contributed by atoms with Crippen molar-refractivity contribution < 1.29 is 4.79 Å². The first kappa shape index (κ1) is 12.8. The van der Waals surface area contributed by atoms with Gasteiger partial charge in [0.25, 0.3) is 5.91 Å². The van der Waals surface area contributed by atoms with Crippen molar-refractivity contribution in [3.63, 3.8) is 0 Å². The van der Waals surface area contributed by atoms with Crippen molar-refractivity contribution in [2.75, 3.05) is 6.54 Å². The average molecular weight is 286 g/mol. The lowest BCUT2D eigenvalue weighted by Crippen LogP contribution is -2.23. The lowest BCUT2D eigenvalue weighted by atomic mass is 10.3. The summed E-state index contributed by atoms with van der Waals surface area (Å²) in [6.45, 7) is 2.67. The second-order valence-corrected chi connectivity index (χ2v) is 5.30. The smallest absolute Gasteiger partial charge is 0.256 e. The van der Waals surface area contributed by atoms with Gasteiger partial charge in [-0.05, 0) is 23.9 Å². The van der Waals surface area contributed by atoms with Crippen molar-refractivity contribution in [1.82, 2.24) is 19.9 Å². The molecule has 0 spiro atoms. The number of carbonyl (C=O) groups excluding carboxylic acids is 1. The van der Waals surface area contributed by atoms with E-state index in [4.69, 9.17) is 0 Å². The molecule has 0 bridgehead atoms. The molecule has 0 atom stereocenters. The van der Waals surface area contributed by atoms with Gasteiger partial charge in [0.05, 0.1) is 16.8 Å². The molecule has 0 fully saturated rings. The van der Waals surface area contributed by atoms with Gasteiger partial charge < -0.3 is 5.32 Å². The second kappa shape index (κ2) is 5.42. The SMILES string of the molecule is CCCNC(=O)c1cnn2c(-c3cccs3)ccnc12. The van der Waals surface area contributed by atoms with Crippen LogP contribution in [0.4, 0.5) is 0 Å². The molecule has 1 amide bonds. The highest BCUT2D eigenvalue weighted by Gasteiger charge is 2.15. The Balaban J connectivity index is 2.06. The van der Waals surface area contributed by atoms with Crippen LogP contribution in [0.5, 0.6) is 0 Å². The third kappa shape index (κ3) is 2.18. The monoisotopic (exact) mass is 286 g/mol. The molecule has 0 saturated heterocycles. The Morgan fingerprint density at radius 2 is 2.35 bits per heavy atom. The normalized spacial score (nSPS) is 10.8. The van der Waals surface area contributed by atoms with E-state index in [0.717, 1.165) is 17.0 Å². The molecule has 0 aliphatic heterocycles. The second-order valence-electron chi connectivity index (χ2n) is 4.36. The molecule has 3 heterocycles. The molecule has 20 heavy (non-hydrogen) atoms. The summed E-state index contributed by atoms with van der Waals surface area (Å²) in [5.74, 6) is -0.127. The summed E-state index contributed by atoms with van der Waals surface area (Å²) >= 11 is 1.63. The van der Waals surface area contributed by atoms with Crippen molar-refractivity contribution in [2.45, 2.75) is 13.3 Å². The summed E-state index contributed by atoms with van der Waals surface area (Å²) in [5, 5.41) is 9.17. The Bertz CT molecular complexity index is 733. The third-order valence-corrected chi connectivity index (χ3v) is 3.85. The molecule has 3 aromatic rings. The first-order chi connectivity index (χ1) is 9.81. The molecular weight excluding hydrogens is 272 g/mol. The third-order valence-electron chi connectivity index (χ3n) is 2.96. The fourth-order valence-electron chi connectivity index (χ4n) is 2.00. The van der Waals surface area contributed by atoms with E-state index >= 15 is 0 Å². The van der Waals surface area contributed by atoms with E-state index in [1.807, 2.05) is 30.5 Å². The molecule has 6 heteroatoms. The largest absolute Gasteiger partial charge is 0.352 e.